The molecule has 0 aromatic carbocycles. The largest absolute Gasteiger partial charge is 0.389 e. The average Bonchev–Trinajstić information content (AvgIpc) is 2.43. The van der Waals surface area contributed by atoms with Gasteiger partial charge in [-0.3, -0.25) is 9.80 Å². The van der Waals surface area contributed by atoms with Crippen molar-refractivity contribution in [3.8, 4) is 0 Å². The molecule has 0 radical (unpaired) electrons. The summed E-state index contributed by atoms with van der Waals surface area (Å²) in [6, 6.07) is 0.712. The number of aliphatic hydroxyl groups is 1. The van der Waals surface area contributed by atoms with E-state index >= 15 is 0 Å². The van der Waals surface area contributed by atoms with E-state index in [0.29, 0.717) is 25.9 Å². The molecule has 0 amide bonds. The Morgan fingerprint density at radius 1 is 1.21 bits per heavy atom. The molecule has 2 atom stereocenters. The van der Waals surface area contributed by atoms with Crippen LogP contribution in [0.4, 0.5) is 0 Å². The van der Waals surface area contributed by atoms with Gasteiger partial charge in [-0.1, -0.05) is 6.42 Å². The van der Waals surface area contributed by atoms with Crippen molar-refractivity contribution in [3.63, 3.8) is 0 Å². The normalized spacial score (nSPS) is 27.2. The van der Waals surface area contributed by atoms with Gasteiger partial charge in [0.05, 0.1) is 25.9 Å². The van der Waals surface area contributed by atoms with Crippen LogP contribution in [0.5, 0.6) is 0 Å². The third kappa shape index (κ3) is 5.00. The SMILES string of the molecule is COCCOCC(O)CN1CCN2CCCCC2C1. The molecule has 0 saturated carbocycles. The molecule has 5 heteroatoms. The molecule has 0 aliphatic carbocycles. The number of β-amino-alcohol motifs (C(OH)–C–C–N with tert-alkyl or cyclic N) is 1. The van der Waals surface area contributed by atoms with Gasteiger partial charge in [-0.05, 0) is 19.4 Å². The quantitative estimate of drug-likeness (QED) is 0.670. The van der Waals surface area contributed by atoms with Crippen molar-refractivity contribution >= 4 is 0 Å². The number of ether oxygens (including phenoxy) is 2. The Kier molecular flexibility index (Phi) is 6.53. The first kappa shape index (κ1) is 15.2. The maximum Gasteiger partial charge on any atom is 0.0900 e. The fraction of sp³-hybridized carbons (Fsp3) is 1.00. The minimum Gasteiger partial charge on any atom is -0.389 e. The van der Waals surface area contributed by atoms with Gasteiger partial charge in [-0.2, -0.15) is 0 Å². The zero-order valence-electron chi connectivity index (χ0n) is 12.1. The lowest BCUT2D eigenvalue weighted by Crippen LogP contribution is -2.56. The summed E-state index contributed by atoms with van der Waals surface area (Å²) >= 11 is 0. The van der Waals surface area contributed by atoms with Crippen LogP contribution in [-0.4, -0.2) is 86.7 Å². The first-order chi connectivity index (χ1) is 9.29. The van der Waals surface area contributed by atoms with Crippen LogP contribution in [-0.2, 0) is 9.47 Å². The monoisotopic (exact) mass is 272 g/mol. The summed E-state index contributed by atoms with van der Waals surface area (Å²) in [6.45, 7) is 6.90. The van der Waals surface area contributed by atoms with Crippen LogP contribution in [0.25, 0.3) is 0 Å². The second-order valence-corrected chi connectivity index (χ2v) is 5.67. The van der Waals surface area contributed by atoms with Gasteiger partial charge in [0.25, 0.3) is 0 Å². The molecule has 112 valence electrons. The lowest BCUT2D eigenvalue weighted by molar-refractivity contribution is -0.0183. The van der Waals surface area contributed by atoms with Gasteiger partial charge in [0.1, 0.15) is 0 Å². The van der Waals surface area contributed by atoms with Gasteiger partial charge in [-0.25, -0.2) is 0 Å². The summed E-state index contributed by atoms with van der Waals surface area (Å²) in [5, 5.41) is 9.98. The molecule has 2 heterocycles. The van der Waals surface area contributed by atoms with E-state index < -0.39 is 0 Å². The van der Waals surface area contributed by atoms with Crippen LogP contribution in [0.1, 0.15) is 19.3 Å². The second kappa shape index (κ2) is 8.17. The van der Waals surface area contributed by atoms with Gasteiger partial charge >= 0.3 is 0 Å². The van der Waals surface area contributed by atoms with Crippen molar-refractivity contribution in [1.82, 2.24) is 9.80 Å². The van der Waals surface area contributed by atoms with Gasteiger partial charge in [-0.15, -0.1) is 0 Å². The minimum atomic E-state index is -0.382. The zero-order chi connectivity index (χ0) is 13.5. The number of hydrogen-bond donors (Lipinski definition) is 1. The molecule has 19 heavy (non-hydrogen) atoms. The molecule has 2 rings (SSSR count). The summed E-state index contributed by atoms with van der Waals surface area (Å²) in [5.74, 6) is 0. The van der Waals surface area contributed by atoms with Gasteiger partial charge in [0.2, 0.25) is 0 Å². The molecule has 2 aliphatic heterocycles. The van der Waals surface area contributed by atoms with E-state index in [-0.39, 0.29) is 6.10 Å². The predicted molar refractivity (Wildman–Crippen MR) is 74.4 cm³/mol. The Bertz CT molecular complexity index is 253. The van der Waals surface area contributed by atoms with Crippen molar-refractivity contribution in [1.29, 1.82) is 0 Å². The summed E-state index contributed by atoms with van der Waals surface area (Å²) in [5.41, 5.74) is 0. The van der Waals surface area contributed by atoms with Crippen LogP contribution < -0.4 is 0 Å². The number of methoxy groups -OCH3 is 1. The van der Waals surface area contributed by atoms with Crippen molar-refractivity contribution < 1.29 is 14.6 Å². The van der Waals surface area contributed by atoms with Crippen LogP contribution in [0.15, 0.2) is 0 Å². The predicted octanol–water partition coefficient (Wildman–Crippen LogP) is 0.180. The molecule has 0 aromatic heterocycles. The fourth-order valence-electron chi connectivity index (χ4n) is 3.10. The third-order valence-electron chi connectivity index (χ3n) is 4.13. The number of nitrogens with zero attached hydrogens (tertiary/aromatic N) is 2. The minimum absolute atomic E-state index is 0.382. The topological polar surface area (TPSA) is 45.2 Å². The van der Waals surface area contributed by atoms with Crippen LogP contribution >= 0.6 is 0 Å². The molecular formula is C14H28N2O3. The Morgan fingerprint density at radius 2 is 2.11 bits per heavy atom. The van der Waals surface area contributed by atoms with Crippen molar-refractivity contribution in [2.45, 2.75) is 31.4 Å². The maximum atomic E-state index is 9.98. The Labute approximate surface area is 116 Å². The summed E-state index contributed by atoms with van der Waals surface area (Å²) in [4.78, 5) is 5.00. The number of hydrogen-bond acceptors (Lipinski definition) is 5. The summed E-state index contributed by atoms with van der Waals surface area (Å²) in [7, 11) is 1.66. The standard InChI is InChI=1S/C14H28N2O3/c1-18-8-9-19-12-14(17)11-15-6-7-16-5-3-2-4-13(16)10-15/h13-14,17H,2-12H2,1H3. The first-order valence-electron chi connectivity index (χ1n) is 7.50. The van der Waals surface area contributed by atoms with Gasteiger partial charge < -0.3 is 14.6 Å². The summed E-state index contributed by atoms with van der Waals surface area (Å²) < 4.78 is 10.3. The molecule has 2 aliphatic rings. The molecule has 2 unspecified atom stereocenters. The highest BCUT2D eigenvalue weighted by Crippen LogP contribution is 2.21. The zero-order valence-corrected chi connectivity index (χ0v) is 12.1. The number of rotatable bonds is 7. The number of piperidine rings is 1. The van der Waals surface area contributed by atoms with Crippen molar-refractivity contribution in [2.75, 3.05) is 59.7 Å². The van der Waals surface area contributed by atoms with E-state index in [1.54, 1.807) is 7.11 Å². The highest BCUT2D eigenvalue weighted by atomic mass is 16.5. The van der Waals surface area contributed by atoms with E-state index in [9.17, 15) is 5.11 Å². The molecule has 0 spiro atoms. The molecule has 1 N–H and O–H groups in total. The smallest absolute Gasteiger partial charge is 0.0900 e. The van der Waals surface area contributed by atoms with Crippen molar-refractivity contribution in [3.05, 3.63) is 0 Å². The number of aliphatic hydroxyl groups excluding tert-OH is 1. The number of fused-ring (bicyclic) bond motifs is 1. The number of piperazine rings is 1. The first-order valence-corrected chi connectivity index (χ1v) is 7.50. The fourth-order valence-corrected chi connectivity index (χ4v) is 3.10. The molecular weight excluding hydrogens is 244 g/mol. The Balaban J connectivity index is 1.62. The second-order valence-electron chi connectivity index (χ2n) is 5.67. The molecule has 0 aromatic rings. The van der Waals surface area contributed by atoms with E-state index in [0.717, 1.165) is 26.2 Å². The van der Waals surface area contributed by atoms with E-state index in [2.05, 4.69) is 9.80 Å². The van der Waals surface area contributed by atoms with E-state index in [1.807, 2.05) is 0 Å². The van der Waals surface area contributed by atoms with Crippen LogP contribution in [0.3, 0.4) is 0 Å². The van der Waals surface area contributed by atoms with Gasteiger partial charge in [0.15, 0.2) is 0 Å². The Morgan fingerprint density at radius 3 is 2.95 bits per heavy atom. The highest BCUT2D eigenvalue weighted by Gasteiger charge is 2.29. The molecule has 0 bridgehead atoms. The Hall–Kier alpha value is -0.200. The van der Waals surface area contributed by atoms with Crippen LogP contribution in [0.2, 0.25) is 0 Å². The van der Waals surface area contributed by atoms with E-state index in [1.165, 1.54) is 25.8 Å². The van der Waals surface area contributed by atoms with E-state index in [4.69, 9.17) is 9.47 Å². The molecule has 2 saturated heterocycles. The lowest BCUT2D eigenvalue weighted by Gasteiger charge is -2.44. The maximum absolute atomic E-state index is 9.98. The summed E-state index contributed by atoms with van der Waals surface area (Å²) in [6.07, 6.45) is 3.65. The van der Waals surface area contributed by atoms with Crippen LogP contribution in [0, 0.1) is 0 Å². The lowest BCUT2D eigenvalue weighted by atomic mass is 9.99. The third-order valence-corrected chi connectivity index (χ3v) is 4.13. The average molecular weight is 272 g/mol. The van der Waals surface area contributed by atoms with Gasteiger partial charge in [0, 0.05) is 39.3 Å². The molecule has 5 nitrogen and oxygen atoms in total. The highest BCUT2D eigenvalue weighted by molar-refractivity contribution is 4.85. The van der Waals surface area contributed by atoms with Crippen molar-refractivity contribution in [2.24, 2.45) is 0 Å². The molecule has 2 fully saturated rings.